The van der Waals surface area contributed by atoms with E-state index >= 15 is 0 Å². The molecule has 1 aliphatic heterocycles. The Labute approximate surface area is 109 Å². The van der Waals surface area contributed by atoms with Crippen molar-refractivity contribution in [3.8, 4) is 0 Å². The maximum atomic E-state index is 11.7. The molecular weight excluding hydrogens is 274 g/mol. The molecule has 0 spiro atoms. The van der Waals surface area contributed by atoms with E-state index in [1.165, 1.54) is 6.26 Å². The minimum atomic E-state index is -3.04. The molecular formula is C11H21NO4S2. The molecule has 1 heterocycles. The van der Waals surface area contributed by atoms with E-state index in [2.05, 4.69) is 5.32 Å². The first-order valence-corrected chi connectivity index (χ1v) is 10.2. The summed E-state index contributed by atoms with van der Waals surface area (Å²) in [4.78, 5) is 0. The highest BCUT2D eigenvalue weighted by molar-refractivity contribution is 7.91. The van der Waals surface area contributed by atoms with Crippen LogP contribution in [-0.2, 0) is 19.7 Å². The third-order valence-electron chi connectivity index (χ3n) is 3.92. The number of rotatable bonds is 3. The Morgan fingerprint density at radius 3 is 2.44 bits per heavy atom. The minimum Gasteiger partial charge on any atom is -0.309 e. The highest BCUT2D eigenvalue weighted by Crippen LogP contribution is 2.26. The molecule has 2 fully saturated rings. The maximum absolute atomic E-state index is 11.7. The first-order chi connectivity index (χ1) is 8.28. The molecule has 0 bridgehead atoms. The average Bonchev–Trinajstić information content (AvgIpc) is 2.63. The van der Waals surface area contributed by atoms with Crippen LogP contribution in [0.1, 0.15) is 32.1 Å². The summed E-state index contributed by atoms with van der Waals surface area (Å²) in [6.45, 7) is 0. The van der Waals surface area contributed by atoms with Crippen molar-refractivity contribution in [1.82, 2.24) is 5.32 Å². The van der Waals surface area contributed by atoms with Gasteiger partial charge in [-0.3, -0.25) is 0 Å². The Balaban J connectivity index is 2.01. The summed E-state index contributed by atoms with van der Waals surface area (Å²) in [6, 6.07) is -0.144. The molecule has 1 saturated carbocycles. The van der Waals surface area contributed by atoms with Gasteiger partial charge in [0.1, 0.15) is 0 Å². The highest BCUT2D eigenvalue weighted by Gasteiger charge is 2.37. The first-order valence-electron chi connectivity index (χ1n) is 6.43. The number of nitrogens with one attached hydrogen (secondary N) is 1. The normalized spacial score (nSPS) is 36.6. The molecule has 7 heteroatoms. The molecule has 3 unspecified atom stereocenters. The fourth-order valence-electron chi connectivity index (χ4n) is 3.09. The summed E-state index contributed by atoms with van der Waals surface area (Å²) in [6.07, 6.45) is 5.19. The van der Waals surface area contributed by atoms with Crippen molar-refractivity contribution >= 4 is 19.7 Å². The van der Waals surface area contributed by atoms with Crippen molar-refractivity contribution in [3.05, 3.63) is 0 Å². The van der Waals surface area contributed by atoms with E-state index < -0.39 is 19.7 Å². The molecule has 0 amide bonds. The third-order valence-corrected chi connectivity index (χ3v) is 7.40. The van der Waals surface area contributed by atoms with Gasteiger partial charge in [-0.2, -0.15) is 0 Å². The van der Waals surface area contributed by atoms with Crippen molar-refractivity contribution < 1.29 is 16.8 Å². The Kier molecular flexibility index (Phi) is 4.04. The van der Waals surface area contributed by atoms with Crippen LogP contribution < -0.4 is 5.32 Å². The summed E-state index contributed by atoms with van der Waals surface area (Å²) < 4.78 is 46.4. The Hall–Kier alpha value is -0.140. The molecule has 0 radical (unpaired) electrons. The van der Waals surface area contributed by atoms with E-state index in [0.29, 0.717) is 12.8 Å². The average molecular weight is 295 g/mol. The van der Waals surface area contributed by atoms with Gasteiger partial charge in [0.15, 0.2) is 19.7 Å². The minimum absolute atomic E-state index is 0.0710. The topological polar surface area (TPSA) is 80.3 Å². The van der Waals surface area contributed by atoms with Gasteiger partial charge in [-0.25, -0.2) is 16.8 Å². The molecule has 0 aromatic rings. The Morgan fingerprint density at radius 1 is 1.11 bits per heavy atom. The molecule has 1 N–H and O–H groups in total. The van der Waals surface area contributed by atoms with Crippen molar-refractivity contribution in [2.75, 3.05) is 17.8 Å². The molecule has 5 nitrogen and oxygen atoms in total. The summed E-state index contributed by atoms with van der Waals surface area (Å²) in [5.41, 5.74) is 0. The molecule has 3 atom stereocenters. The second-order valence-corrected chi connectivity index (χ2v) is 10.0. The van der Waals surface area contributed by atoms with E-state index in [-0.39, 0.29) is 28.8 Å². The zero-order valence-electron chi connectivity index (χ0n) is 10.6. The van der Waals surface area contributed by atoms with Crippen LogP contribution in [0.5, 0.6) is 0 Å². The van der Waals surface area contributed by atoms with Crippen molar-refractivity contribution in [2.24, 2.45) is 0 Å². The van der Waals surface area contributed by atoms with Crippen LogP contribution in [0.15, 0.2) is 0 Å². The lowest BCUT2D eigenvalue weighted by Gasteiger charge is -2.28. The lowest BCUT2D eigenvalue weighted by atomic mass is 10.1. The van der Waals surface area contributed by atoms with E-state index in [0.717, 1.165) is 19.3 Å². The standard InChI is InChI=1S/C11H21NO4S2/c1-17(13,14)11-6-2-5-10(11)12-9-4-3-7-18(15,16)8-9/h9-12H,2-8H2,1H3. The van der Waals surface area contributed by atoms with Crippen LogP contribution in [0.2, 0.25) is 0 Å². The van der Waals surface area contributed by atoms with Gasteiger partial charge in [-0.05, 0) is 25.7 Å². The second kappa shape index (κ2) is 5.09. The first kappa shape index (κ1) is 14.3. The predicted octanol–water partition coefficient (Wildman–Crippen LogP) is 0.119. The van der Waals surface area contributed by atoms with Crippen LogP contribution in [0.25, 0.3) is 0 Å². The monoisotopic (exact) mass is 295 g/mol. The van der Waals surface area contributed by atoms with E-state index in [9.17, 15) is 16.8 Å². The molecule has 1 saturated heterocycles. The lowest BCUT2D eigenvalue weighted by Crippen LogP contribution is -2.49. The van der Waals surface area contributed by atoms with Crippen molar-refractivity contribution in [2.45, 2.75) is 49.4 Å². The van der Waals surface area contributed by atoms with Gasteiger partial charge in [-0.15, -0.1) is 0 Å². The van der Waals surface area contributed by atoms with Crippen molar-refractivity contribution in [3.63, 3.8) is 0 Å². The molecule has 18 heavy (non-hydrogen) atoms. The Morgan fingerprint density at radius 2 is 1.83 bits per heavy atom. The smallest absolute Gasteiger partial charge is 0.151 e. The van der Waals surface area contributed by atoms with Gasteiger partial charge in [-0.1, -0.05) is 6.42 Å². The molecule has 2 rings (SSSR count). The van der Waals surface area contributed by atoms with E-state index in [4.69, 9.17) is 0 Å². The van der Waals surface area contributed by atoms with Crippen molar-refractivity contribution in [1.29, 1.82) is 0 Å². The van der Waals surface area contributed by atoms with Gasteiger partial charge in [0.2, 0.25) is 0 Å². The molecule has 0 aromatic heterocycles. The summed E-state index contributed by atoms with van der Waals surface area (Å²) in [5, 5.41) is 2.93. The van der Waals surface area contributed by atoms with Crippen LogP contribution in [0, 0.1) is 0 Å². The largest absolute Gasteiger partial charge is 0.309 e. The van der Waals surface area contributed by atoms with Gasteiger partial charge >= 0.3 is 0 Å². The molecule has 2 aliphatic rings. The number of hydrogen-bond donors (Lipinski definition) is 1. The van der Waals surface area contributed by atoms with Gasteiger partial charge in [0, 0.05) is 18.3 Å². The summed E-state index contributed by atoms with van der Waals surface area (Å²) in [7, 11) is -5.98. The fraction of sp³-hybridized carbons (Fsp3) is 1.00. The van der Waals surface area contributed by atoms with Crippen LogP contribution in [0.4, 0.5) is 0 Å². The molecule has 0 aromatic carbocycles. The highest BCUT2D eigenvalue weighted by atomic mass is 32.2. The number of sulfone groups is 2. The SMILES string of the molecule is CS(=O)(=O)C1CCCC1NC1CCCS(=O)(=O)C1. The second-order valence-electron chi connectivity index (χ2n) is 5.53. The van der Waals surface area contributed by atoms with Gasteiger partial charge in [0.05, 0.1) is 16.8 Å². The van der Waals surface area contributed by atoms with Gasteiger partial charge in [0.25, 0.3) is 0 Å². The summed E-state index contributed by atoms with van der Waals surface area (Å²) >= 11 is 0. The number of hydrogen-bond acceptors (Lipinski definition) is 5. The van der Waals surface area contributed by atoms with E-state index in [1.807, 2.05) is 0 Å². The maximum Gasteiger partial charge on any atom is 0.151 e. The Bertz CT molecular complexity index is 497. The van der Waals surface area contributed by atoms with Crippen LogP contribution >= 0.6 is 0 Å². The van der Waals surface area contributed by atoms with Crippen LogP contribution in [-0.4, -0.2) is 51.9 Å². The van der Waals surface area contributed by atoms with Gasteiger partial charge < -0.3 is 5.32 Å². The molecule has 106 valence electrons. The zero-order valence-corrected chi connectivity index (χ0v) is 12.3. The quantitative estimate of drug-likeness (QED) is 0.800. The lowest BCUT2D eigenvalue weighted by molar-refractivity contribution is 0.416. The zero-order chi connectivity index (χ0) is 13.4. The summed E-state index contributed by atoms with van der Waals surface area (Å²) in [5.74, 6) is 0.422. The fourth-order valence-corrected chi connectivity index (χ4v) is 6.14. The van der Waals surface area contributed by atoms with E-state index in [1.54, 1.807) is 0 Å². The van der Waals surface area contributed by atoms with Crippen LogP contribution in [0.3, 0.4) is 0 Å². The molecule has 1 aliphatic carbocycles. The predicted molar refractivity (Wildman–Crippen MR) is 71.1 cm³/mol. The third kappa shape index (κ3) is 3.45.